The van der Waals surface area contributed by atoms with E-state index in [1.807, 2.05) is 37.3 Å². The zero-order valence-electron chi connectivity index (χ0n) is 13.0. The molecule has 0 aliphatic carbocycles. The lowest BCUT2D eigenvalue weighted by Crippen LogP contribution is -2.47. The number of carbonyl (C=O) groups is 1. The Morgan fingerprint density at radius 2 is 2.19 bits per heavy atom. The monoisotopic (exact) mass is 290 g/mol. The molecule has 1 aromatic carbocycles. The van der Waals surface area contributed by atoms with Gasteiger partial charge in [0.25, 0.3) is 0 Å². The molecule has 1 amide bonds. The SMILES string of the molecule is CC1CC(NC(=O)C(C)CCOc2ccccc2)CCN1. The summed E-state index contributed by atoms with van der Waals surface area (Å²) in [6.45, 7) is 5.68. The summed E-state index contributed by atoms with van der Waals surface area (Å²) in [6.07, 6.45) is 2.77. The summed E-state index contributed by atoms with van der Waals surface area (Å²) in [5.41, 5.74) is 0. The van der Waals surface area contributed by atoms with Crippen molar-refractivity contribution in [2.75, 3.05) is 13.2 Å². The van der Waals surface area contributed by atoms with Crippen LogP contribution in [0.25, 0.3) is 0 Å². The van der Waals surface area contributed by atoms with Crippen LogP contribution in [0, 0.1) is 5.92 Å². The highest BCUT2D eigenvalue weighted by atomic mass is 16.5. The summed E-state index contributed by atoms with van der Waals surface area (Å²) < 4.78 is 5.64. The molecule has 1 heterocycles. The van der Waals surface area contributed by atoms with Gasteiger partial charge in [-0.15, -0.1) is 0 Å². The number of piperidine rings is 1. The minimum atomic E-state index is -0.0149. The van der Waals surface area contributed by atoms with Crippen LogP contribution in [0.15, 0.2) is 30.3 Å². The maximum atomic E-state index is 12.2. The molecule has 1 aliphatic heterocycles. The lowest BCUT2D eigenvalue weighted by Gasteiger charge is -2.29. The van der Waals surface area contributed by atoms with E-state index < -0.39 is 0 Å². The Labute approximate surface area is 127 Å². The molecule has 0 aromatic heterocycles. The number of carbonyl (C=O) groups excluding carboxylic acids is 1. The van der Waals surface area contributed by atoms with Crippen molar-refractivity contribution in [2.45, 2.75) is 45.2 Å². The van der Waals surface area contributed by atoms with Crippen LogP contribution >= 0.6 is 0 Å². The Morgan fingerprint density at radius 3 is 2.90 bits per heavy atom. The third-order valence-electron chi connectivity index (χ3n) is 3.98. The van der Waals surface area contributed by atoms with Gasteiger partial charge >= 0.3 is 0 Å². The number of hydrogen-bond acceptors (Lipinski definition) is 3. The molecule has 21 heavy (non-hydrogen) atoms. The molecule has 0 bridgehead atoms. The molecule has 4 nitrogen and oxygen atoms in total. The van der Waals surface area contributed by atoms with Crippen molar-refractivity contribution in [3.63, 3.8) is 0 Å². The van der Waals surface area contributed by atoms with E-state index in [4.69, 9.17) is 4.74 Å². The zero-order chi connectivity index (χ0) is 15.1. The molecule has 1 saturated heterocycles. The molecule has 1 aliphatic rings. The number of nitrogens with one attached hydrogen (secondary N) is 2. The highest BCUT2D eigenvalue weighted by molar-refractivity contribution is 5.78. The number of ether oxygens (including phenoxy) is 1. The summed E-state index contributed by atoms with van der Waals surface area (Å²) in [5, 5.41) is 6.56. The third kappa shape index (κ3) is 5.38. The highest BCUT2D eigenvalue weighted by Crippen LogP contribution is 2.12. The van der Waals surface area contributed by atoms with Crippen molar-refractivity contribution in [3.05, 3.63) is 30.3 Å². The Morgan fingerprint density at radius 1 is 1.43 bits per heavy atom. The molecule has 0 saturated carbocycles. The number of benzene rings is 1. The van der Waals surface area contributed by atoms with Gasteiger partial charge in [0.05, 0.1) is 6.61 Å². The standard InChI is InChI=1S/C17H26N2O2/c1-13(9-11-21-16-6-4-3-5-7-16)17(20)19-15-8-10-18-14(2)12-15/h3-7,13-15,18H,8-12H2,1-2H3,(H,19,20). The molecule has 4 heteroatoms. The van der Waals surface area contributed by atoms with Gasteiger partial charge < -0.3 is 15.4 Å². The second-order valence-corrected chi connectivity index (χ2v) is 5.94. The predicted octanol–water partition coefficient (Wildman–Crippen LogP) is 2.35. The van der Waals surface area contributed by atoms with Gasteiger partial charge in [0, 0.05) is 18.0 Å². The lowest BCUT2D eigenvalue weighted by molar-refractivity contribution is -0.125. The van der Waals surface area contributed by atoms with E-state index in [2.05, 4.69) is 17.6 Å². The molecule has 3 atom stereocenters. The van der Waals surface area contributed by atoms with Crippen LogP contribution in [-0.2, 0) is 4.79 Å². The summed E-state index contributed by atoms with van der Waals surface area (Å²) >= 11 is 0. The maximum Gasteiger partial charge on any atom is 0.223 e. The van der Waals surface area contributed by atoms with E-state index >= 15 is 0 Å². The van der Waals surface area contributed by atoms with Crippen molar-refractivity contribution < 1.29 is 9.53 Å². The second-order valence-electron chi connectivity index (χ2n) is 5.94. The van der Waals surface area contributed by atoms with Crippen LogP contribution in [0.2, 0.25) is 0 Å². The smallest absolute Gasteiger partial charge is 0.223 e. The Hall–Kier alpha value is -1.55. The normalized spacial score (nSPS) is 23.3. The predicted molar refractivity (Wildman–Crippen MR) is 84.3 cm³/mol. The van der Waals surface area contributed by atoms with Crippen LogP contribution < -0.4 is 15.4 Å². The molecule has 3 unspecified atom stereocenters. The second kappa shape index (κ2) is 8.03. The molecular formula is C17H26N2O2. The first-order valence-corrected chi connectivity index (χ1v) is 7.86. The molecule has 116 valence electrons. The number of hydrogen-bond donors (Lipinski definition) is 2. The van der Waals surface area contributed by atoms with Crippen molar-refractivity contribution >= 4 is 5.91 Å². The van der Waals surface area contributed by atoms with Crippen LogP contribution in [0.5, 0.6) is 5.75 Å². The van der Waals surface area contributed by atoms with Gasteiger partial charge in [0.1, 0.15) is 5.75 Å². The van der Waals surface area contributed by atoms with E-state index in [1.54, 1.807) is 0 Å². The van der Waals surface area contributed by atoms with Gasteiger partial charge in [-0.25, -0.2) is 0 Å². The lowest BCUT2D eigenvalue weighted by atomic mass is 9.99. The fourth-order valence-electron chi connectivity index (χ4n) is 2.61. The fraction of sp³-hybridized carbons (Fsp3) is 0.588. The van der Waals surface area contributed by atoms with Crippen LogP contribution in [0.1, 0.15) is 33.1 Å². The van der Waals surface area contributed by atoms with Crippen LogP contribution in [0.4, 0.5) is 0 Å². The molecule has 0 spiro atoms. The van der Waals surface area contributed by atoms with Gasteiger partial charge in [0.15, 0.2) is 0 Å². The first kappa shape index (κ1) is 15.8. The molecule has 2 N–H and O–H groups in total. The zero-order valence-corrected chi connectivity index (χ0v) is 13.0. The average molecular weight is 290 g/mol. The first-order chi connectivity index (χ1) is 10.1. The topological polar surface area (TPSA) is 50.4 Å². The third-order valence-corrected chi connectivity index (χ3v) is 3.98. The summed E-state index contributed by atoms with van der Waals surface area (Å²) in [4.78, 5) is 12.2. The van der Waals surface area contributed by atoms with Gasteiger partial charge in [-0.2, -0.15) is 0 Å². The van der Waals surface area contributed by atoms with Crippen LogP contribution in [-0.4, -0.2) is 31.1 Å². The van der Waals surface area contributed by atoms with Crippen molar-refractivity contribution in [3.8, 4) is 5.75 Å². The summed E-state index contributed by atoms with van der Waals surface area (Å²) in [7, 11) is 0. The summed E-state index contributed by atoms with van der Waals surface area (Å²) in [6, 6.07) is 10.5. The number of para-hydroxylation sites is 1. The van der Waals surface area contributed by atoms with Gasteiger partial charge in [-0.1, -0.05) is 25.1 Å². The molecule has 2 rings (SSSR count). The maximum absolute atomic E-state index is 12.2. The van der Waals surface area contributed by atoms with Gasteiger partial charge in [-0.3, -0.25) is 4.79 Å². The minimum Gasteiger partial charge on any atom is -0.494 e. The van der Waals surface area contributed by atoms with E-state index in [-0.39, 0.29) is 11.8 Å². The van der Waals surface area contributed by atoms with Gasteiger partial charge in [-0.05, 0) is 44.9 Å². The van der Waals surface area contributed by atoms with Crippen molar-refractivity contribution in [1.29, 1.82) is 0 Å². The highest BCUT2D eigenvalue weighted by Gasteiger charge is 2.22. The molecule has 1 fully saturated rings. The van der Waals surface area contributed by atoms with Gasteiger partial charge in [0.2, 0.25) is 5.91 Å². The summed E-state index contributed by atoms with van der Waals surface area (Å²) in [5.74, 6) is 0.988. The molecule has 0 radical (unpaired) electrons. The van der Waals surface area contributed by atoms with Crippen molar-refractivity contribution in [1.82, 2.24) is 10.6 Å². The van der Waals surface area contributed by atoms with E-state index in [1.165, 1.54) is 0 Å². The van der Waals surface area contributed by atoms with Crippen molar-refractivity contribution in [2.24, 2.45) is 5.92 Å². The Kier molecular flexibility index (Phi) is 6.05. The number of rotatable bonds is 6. The number of amides is 1. The molecular weight excluding hydrogens is 264 g/mol. The fourth-order valence-corrected chi connectivity index (χ4v) is 2.61. The average Bonchev–Trinajstić information content (AvgIpc) is 2.48. The van der Waals surface area contributed by atoms with E-state index in [0.29, 0.717) is 18.7 Å². The minimum absolute atomic E-state index is 0.0149. The van der Waals surface area contributed by atoms with E-state index in [9.17, 15) is 4.79 Å². The van der Waals surface area contributed by atoms with Crippen LogP contribution in [0.3, 0.4) is 0 Å². The largest absolute Gasteiger partial charge is 0.494 e. The first-order valence-electron chi connectivity index (χ1n) is 7.86. The Balaban J connectivity index is 1.67. The Bertz CT molecular complexity index is 436. The van der Waals surface area contributed by atoms with E-state index in [0.717, 1.165) is 31.6 Å². The molecule has 1 aromatic rings. The quantitative estimate of drug-likeness (QED) is 0.845.